The second-order valence-electron chi connectivity index (χ2n) is 5.97. The molecule has 6 nitrogen and oxygen atoms in total. The molecule has 0 aliphatic heterocycles. The minimum absolute atomic E-state index is 0.0877. The van der Waals surface area contributed by atoms with Gasteiger partial charge in [0.25, 0.3) is 5.91 Å². The fourth-order valence-electron chi connectivity index (χ4n) is 2.34. The van der Waals surface area contributed by atoms with Crippen molar-refractivity contribution in [2.45, 2.75) is 13.8 Å². The van der Waals surface area contributed by atoms with Crippen molar-refractivity contribution in [3.8, 4) is 5.75 Å². The first-order chi connectivity index (χ1) is 13.2. The van der Waals surface area contributed by atoms with E-state index in [0.29, 0.717) is 37.8 Å². The van der Waals surface area contributed by atoms with Crippen molar-refractivity contribution in [3.05, 3.63) is 65.7 Å². The van der Waals surface area contributed by atoms with Gasteiger partial charge in [-0.25, -0.2) is 0 Å². The molecule has 0 bridgehead atoms. The Morgan fingerprint density at radius 1 is 0.963 bits per heavy atom. The predicted octanol–water partition coefficient (Wildman–Crippen LogP) is 2.36. The van der Waals surface area contributed by atoms with Gasteiger partial charge in [-0.2, -0.15) is 0 Å². The molecule has 2 aromatic rings. The minimum atomic E-state index is -0.0877. The van der Waals surface area contributed by atoms with Crippen LogP contribution in [0.15, 0.2) is 59.6 Å². The summed E-state index contributed by atoms with van der Waals surface area (Å²) in [5.41, 5.74) is 1.86. The lowest BCUT2D eigenvalue weighted by Crippen LogP contribution is -2.40. The van der Waals surface area contributed by atoms with E-state index in [1.807, 2.05) is 56.3 Å². The first-order valence-corrected chi connectivity index (χ1v) is 9.24. The highest BCUT2D eigenvalue weighted by molar-refractivity contribution is 5.94. The van der Waals surface area contributed by atoms with E-state index in [2.05, 4.69) is 20.9 Å². The Bertz CT molecular complexity index is 715. The molecule has 2 rings (SSSR count). The highest BCUT2D eigenvalue weighted by Gasteiger charge is 2.03. The van der Waals surface area contributed by atoms with Crippen LogP contribution in [0.3, 0.4) is 0 Å². The van der Waals surface area contributed by atoms with Crippen molar-refractivity contribution < 1.29 is 9.53 Å². The minimum Gasteiger partial charge on any atom is -0.492 e. The van der Waals surface area contributed by atoms with Gasteiger partial charge in [-0.3, -0.25) is 9.79 Å². The molecule has 3 N–H and O–H groups in total. The van der Waals surface area contributed by atoms with Gasteiger partial charge in [0.1, 0.15) is 12.4 Å². The van der Waals surface area contributed by atoms with Crippen molar-refractivity contribution in [2.75, 3.05) is 32.8 Å². The Morgan fingerprint density at radius 2 is 1.70 bits per heavy atom. The van der Waals surface area contributed by atoms with E-state index in [-0.39, 0.29) is 5.91 Å². The first-order valence-electron chi connectivity index (χ1n) is 9.24. The summed E-state index contributed by atoms with van der Waals surface area (Å²) in [6, 6.07) is 17.1. The fourth-order valence-corrected chi connectivity index (χ4v) is 2.34. The zero-order valence-corrected chi connectivity index (χ0v) is 16.0. The number of guanidine groups is 1. The van der Waals surface area contributed by atoms with Crippen LogP contribution in [0.5, 0.6) is 5.75 Å². The summed E-state index contributed by atoms with van der Waals surface area (Å²) in [6.45, 7) is 6.97. The maximum atomic E-state index is 12.0. The molecule has 0 radical (unpaired) electrons. The summed E-state index contributed by atoms with van der Waals surface area (Å²) in [4.78, 5) is 16.4. The molecule has 144 valence electrons. The molecule has 0 spiro atoms. The summed E-state index contributed by atoms with van der Waals surface area (Å²) in [6.07, 6.45) is 0. The van der Waals surface area contributed by atoms with Crippen LogP contribution in [0.2, 0.25) is 0 Å². The number of aliphatic imine (C=N–C) groups is 1. The summed E-state index contributed by atoms with van der Waals surface area (Å²) < 4.78 is 5.69. The second kappa shape index (κ2) is 11.6. The average Bonchev–Trinajstić information content (AvgIpc) is 2.70. The Kier molecular flexibility index (Phi) is 8.69. The number of ether oxygens (including phenoxy) is 1. The number of hydrogen-bond donors (Lipinski definition) is 3. The number of nitrogens with zero attached hydrogens (tertiary/aromatic N) is 1. The maximum absolute atomic E-state index is 12.0. The quantitative estimate of drug-likeness (QED) is 0.361. The molecule has 0 aliphatic carbocycles. The van der Waals surface area contributed by atoms with Gasteiger partial charge in [0.05, 0.1) is 13.1 Å². The van der Waals surface area contributed by atoms with Crippen LogP contribution in [0.1, 0.15) is 22.8 Å². The van der Waals surface area contributed by atoms with E-state index in [9.17, 15) is 4.79 Å². The van der Waals surface area contributed by atoms with Gasteiger partial charge in [0.2, 0.25) is 0 Å². The normalized spacial score (nSPS) is 11.0. The van der Waals surface area contributed by atoms with Gasteiger partial charge >= 0.3 is 0 Å². The summed E-state index contributed by atoms with van der Waals surface area (Å²) >= 11 is 0. The molecular weight excluding hydrogens is 340 g/mol. The molecule has 0 saturated heterocycles. The number of carbonyl (C=O) groups excluding carboxylic acids is 1. The number of benzene rings is 2. The molecule has 2 aromatic carbocycles. The van der Waals surface area contributed by atoms with E-state index in [4.69, 9.17) is 4.74 Å². The van der Waals surface area contributed by atoms with E-state index >= 15 is 0 Å². The lowest BCUT2D eigenvalue weighted by molar-refractivity contribution is 0.0955. The first kappa shape index (κ1) is 20.3. The molecule has 0 unspecified atom stereocenters. The second-order valence-corrected chi connectivity index (χ2v) is 5.97. The molecule has 1 amide bonds. The maximum Gasteiger partial charge on any atom is 0.251 e. The number of carbonyl (C=O) groups is 1. The highest BCUT2D eigenvalue weighted by Crippen LogP contribution is 2.10. The molecule has 0 heterocycles. The number of amides is 1. The third-order valence-electron chi connectivity index (χ3n) is 3.73. The van der Waals surface area contributed by atoms with Gasteiger partial charge in [0.15, 0.2) is 5.96 Å². The molecule has 27 heavy (non-hydrogen) atoms. The Labute approximate surface area is 161 Å². The lowest BCUT2D eigenvalue weighted by atomic mass is 10.2. The zero-order chi connectivity index (χ0) is 19.3. The van der Waals surface area contributed by atoms with Gasteiger partial charge < -0.3 is 20.7 Å². The van der Waals surface area contributed by atoms with Crippen LogP contribution in [-0.4, -0.2) is 44.7 Å². The van der Waals surface area contributed by atoms with Crippen molar-refractivity contribution >= 4 is 11.9 Å². The van der Waals surface area contributed by atoms with Gasteiger partial charge in [-0.1, -0.05) is 35.9 Å². The average molecular weight is 368 g/mol. The van der Waals surface area contributed by atoms with E-state index in [0.717, 1.165) is 12.3 Å². The van der Waals surface area contributed by atoms with Crippen LogP contribution >= 0.6 is 0 Å². The molecule has 0 atom stereocenters. The summed E-state index contributed by atoms with van der Waals surface area (Å²) in [5.74, 6) is 1.47. The topological polar surface area (TPSA) is 74.8 Å². The molecule has 0 fully saturated rings. The van der Waals surface area contributed by atoms with Crippen LogP contribution in [0, 0.1) is 6.92 Å². The van der Waals surface area contributed by atoms with E-state index < -0.39 is 0 Å². The van der Waals surface area contributed by atoms with Crippen molar-refractivity contribution in [1.82, 2.24) is 16.0 Å². The number of rotatable bonds is 9. The van der Waals surface area contributed by atoms with Crippen molar-refractivity contribution in [3.63, 3.8) is 0 Å². The van der Waals surface area contributed by atoms with Gasteiger partial charge in [0, 0.05) is 18.7 Å². The summed E-state index contributed by atoms with van der Waals surface area (Å²) in [7, 11) is 0. The molecule has 0 saturated carbocycles. The van der Waals surface area contributed by atoms with Crippen molar-refractivity contribution in [1.29, 1.82) is 0 Å². The standard InChI is InChI=1S/C21H28N4O2/c1-3-22-21(25-15-16-27-19-11-9-17(2)10-12-19)24-14-13-23-20(26)18-7-5-4-6-8-18/h4-12H,3,13-16H2,1-2H3,(H,23,26)(H2,22,24,25). The lowest BCUT2D eigenvalue weighted by Gasteiger charge is -2.12. The number of nitrogens with one attached hydrogen (secondary N) is 3. The Balaban J connectivity index is 1.68. The largest absolute Gasteiger partial charge is 0.492 e. The van der Waals surface area contributed by atoms with Crippen LogP contribution in [0.4, 0.5) is 0 Å². The SMILES string of the molecule is CCNC(=NCCNC(=O)c1ccccc1)NCCOc1ccc(C)cc1. The molecule has 6 heteroatoms. The third-order valence-corrected chi connectivity index (χ3v) is 3.73. The van der Waals surface area contributed by atoms with Gasteiger partial charge in [-0.05, 0) is 38.1 Å². The molecule has 0 aromatic heterocycles. The van der Waals surface area contributed by atoms with Gasteiger partial charge in [-0.15, -0.1) is 0 Å². The van der Waals surface area contributed by atoms with E-state index in [1.165, 1.54) is 5.56 Å². The predicted molar refractivity (Wildman–Crippen MR) is 109 cm³/mol. The number of aryl methyl sites for hydroxylation is 1. The van der Waals surface area contributed by atoms with Crippen LogP contribution < -0.4 is 20.7 Å². The summed E-state index contributed by atoms with van der Waals surface area (Å²) in [5, 5.41) is 9.27. The van der Waals surface area contributed by atoms with Crippen LogP contribution in [-0.2, 0) is 0 Å². The smallest absolute Gasteiger partial charge is 0.251 e. The van der Waals surface area contributed by atoms with E-state index in [1.54, 1.807) is 12.1 Å². The Hall–Kier alpha value is -3.02. The van der Waals surface area contributed by atoms with Crippen LogP contribution in [0.25, 0.3) is 0 Å². The fraction of sp³-hybridized carbons (Fsp3) is 0.333. The highest BCUT2D eigenvalue weighted by atomic mass is 16.5. The Morgan fingerprint density at radius 3 is 2.41 bits per heavy atom. The third kappa shape index (κ3) is 7.81. The monoisotopic (exact) mass is 368 g/mol. The zero-order valence-electron chi connectivity index (χ0n) is 16.0. The number of hydrogen-bond acceptors (Lipinski definition) is 3. The van der Waals surface area contributed by atoms with Crippen molar-refractivity contribution in [2.24, 2.45) is 4.99 Å². The molecule has 0 aliphatic rings. The molecular formula is C21H28N4O2.